The lowest BCUT2D eigenvalue weighted by molar-refractivity contribution is -0.142. The molecular formula is C13H18ClNO3. The summed E-state index contributed by atoms with van der Waals surface area (Å²) in [6.07, 6.45) is 0.193. The summed E-state index contributed by atoms with van der Waals surface area (Å²) in [5, 5.41) is 10.1. The number of aromatic hydroxyl groups is 1. The van der Waals surface area contributed by atoms with Crippen LogP contribution in [0.15, 0.2) is 12.1 Å². The standard InChI is InChI=1S/C13H18ClNO3/c1-7(2)8-4-9(12(16)10(14)5-8)6-11(15)13(17)18-3/h4-5,7,11,16H,6,15H2,1-3H3. The first-order valence-electron chi connectivity index (χ1n) is 5.71. The Morgan fingerprint density at radius 3 is 2.61 bits per heavy atom. The van der Waals surface area contributed by atoms with E-state index in [1.54, 1.807) is 6.07 Å². The van der Waals surface area contributed by atoms with Gasteiger partial charge in [0.1, 0.15) is 11.8 Å². The molecule has 0 aromatic heterocycles. The third-order valence-electron chi connectivity index (χ3n) is 2.78. The zero-order chi connectivity index (χ0) is 13.9. The first-order valence-corrected chi connectivity index (χ1v) is 6.09. The molecule has 0 amide bonds. The summed E-state index contributed by atoms with van der Waals surface area (Å²) in [5.41, 5.74) is 7.23. The van der Waals surface area contributed by atoms with Crippen LogP contribution in [-0.4, -0.2) is 24.2 Å². The molecule has 5 heteroatoms. The number of carbonyl (C=O) groups is 1. The van der Waals surface area contributed by atoms with Crippen LogP contribution in [0.3, 0.4) is 0 Å². The number of phenols is 1. The van der Waals surface area contributed by atoms with Gasteiger partial charge >= 0.3 is 5.97 Å². The average Bonchev–Trinajstić information content (AvgIpc) is 2.33. The van der Waals surface area contributed by atoms with Gasteiger partial charge in [-0.15, -0.1) is 0 Å². The van der Waals surface area contributed by atoms with E-state index in [2.05, 4.69) is 4.74 Å². The number of halogens is 1. The van der Waals surface area contributed by atoms with Crippen LogP contribution in [0.4, 0.5) is 0 Å². The van der Waals surface area contributed by atoms with E-state index in [0.717, 1.165) is 5.56 Å². The fraction of sp³-hybridized carbons (Fsp3) is 0.462. The van der Waals surface area contributed by atoms with Crippen molar-refractivity contribution in [3.05, 3.63) is 28.3 Å². The lowest BCUT2D eigenvalue weighted by Crippen LogP contribution is -2.33. The molecule has 3 N–H and O–H groups in total. The lowest BCUT2D eigenvalue weighted by atomic mass is 9.97. The Balaban J connectivity index is 3.04. The molecule has 0 saturated heterocycles. The van der Waals surface area contributed by atoms with E-state index in [1.807, 2.05) is 19.9 Å². The van der Waals surface area contributed by atoms with E-state index in [0.29, 0.717) is 5.56 Å². The molecule has 1 aromatic carbocycles. The Bertz CT molecular complexity index is 446. The summed E-state index contributed by atoms with van der Waals surface area (Å²) in [4.78, 5) is 11.3. The summed E-state index contributed by atoms with van der Waals surface area (Å²) >= 11 is 5.95. The molecule has 1 aromatic rings. The van der Waals surface area contributed by atoms with Gasteiger partial charge in [-0.25, -0.2) is 0 Å². The van der Waals surface area contributed by atoms with E-state index >= 15 is 0 Å². The highest BCUT2D eigenvalue weighted by molar-refractivity contribution is 6.32. The first-order chi connectivity index (χ1) is 8.36. The van der Waals surface area contributed by atoms with Crippen LogP contribution in [0.2, 0.25) is 5.02 Å². The summed E-state index contributed by atoms with van der Waals surface area (Å²) in [6, 6.07) is 2.73. The number of hydrogen-bond donors (Lipinski definition) is 2. The number of benzene rings is 1. The maximum atomic E-state index is 11.3. The van der Waals surface area contributed by atoms with Crippen molar-refractivity contribution in [2.45, 2.75) is 32.2 Å². The molecule has 0 saturated carbocycles. The minimum atomic E-state index is -0.806. The van der Waals surface area contributed by atoms with Crippen molar-refractivity contribution in [1.29, 1.82) is 0 Å². The van der Waals surface area contributed by atoms with Gasteiger partial charge in [0.2, 0.25) is 0 Å². The van der Waals surface area contributed by atoms with Crippen molar-refractivity contribution in [3.8, 4) is 5.75 Å². The van der Waals surface area contributed by atoms with Gasteiger partial charge in [0.15, 0.2) is 0 Å². The SMILES string of the molecule is COC(=O)C(N)Cc1cc(C(C)C)cc(Cl)c1O. The summed E-state index contributed by atoms with van der Waals surface area (Å²) in [5.74, 6) is -0.267. The number of carbonyl (C=O) groups excluding carboxylic acids is 1. The molecule has 4 nitrogen and oxygen atoms in total. The molecule has 1 rings (SSSR count). The van der Waals surface area contributed by atoms with Crippen LogP contribution < -0.4 is 5.73 Å². The third kappa shape index (κ3) is 3.37. The monoisotopic (exact) mass is 271 g/mol. The van der Waals surface area contributed by atoms with Crippen LogP contribution >= 0.6 is 11.6 Å². The van der Waals surface area contributed by atoms with Crippen LogP contribution in [0, 0.1) is 0 Å². The van der Waals surface area contributed by atoms with Gasteiger partial charge in [0.25, 0.3) is 0 Å². The maximum absolute atomic E-state index is 11.3. The molecule has 0 fully saturated rings. The Morgan fingerprint density at radius 1 is 1.50 bits per heavy atom. The van der Waals surface area contributed by atoms with Gasteiger partial charge < -0.3 is 15.6 Å². The first kappa shape index (κ1) is 14.8. The molecule has 0 bridgehead atoms. The third-order valence-corrected chi connectivity index (χ3v) is 3.06. The zero-order valence-corrected chi connectivity index (χ0v) is 11.5. The minimum absolute atomic E-state index is 0.0274. The largest absolute Gasteiger partial charge is 0.506 e. The normalized spacial score (nSPS) is 12.6. The number of methoxy groups -OCH3 is 1. The molecule has 0 radical (unpaired) electrons. The summed E-state index contributed by atoms with van der Waals surface area (Å²) in [6.45, 7) is 4.04. The van der Waals surface area contributed by atoms with Gasteiger partial charge in [0.05, 0.1) is 12.1 Å². The second-order valence-corrected chi connectivity index (χ2v) is 4.91. The van der Waals surface area contributed by atoms with E-state index in [9.17, 15) is 9.90 Å². The predicted molar refractivity (Wildman–Crippen MR) is 70.9 cm³/mol. The Kier molecular flexibility index (Phi) is 4.99. The quantitative estimate of drug-likeness (QED) is 0.824. The number of phenolic OH excluding ortho intramolecular Hbond substituents is 1. The molecule has 100 valence electrons. The second kappa shape index (κ2) is 6.07. The zero-order valence-electron chi connectivity index (χ0n) is 10.7. The molecule has 0 aliphatic carbocycles. The molecule has 1 unspecified atom stereocenters. The molecular weight excluding hydrogens is 254 g/mol. The topological polar surface area (TPSA) is 72.5 Å². The molecule has 0 aliphatic rings. The molecule has 0 spiro atoms. The highest BCUT2D eigenvalue weighted by Crippen LogP contribution is 2.32. The smallest absolute Gasteiger partial charge is 0.322 e. The Labute approximate surface area is 112 Å². The highest BCUT2D eigenvalue weighted by Gasteiger charge is 2.18. The minimum Gasteiger partial charge on any atom is -0.506 e. The van der Waals surface area contributed by atoms with Gasteiger partial charge in [0, 0.05) is 6.42 Å². The fourth-order valence-electron chi connectivity index (χ4n) is 1.64. The van der Waals surface area contributed by atoms with Crippen molar-refractivity contribution in [2.75, 3.05) is 7.11 Å². The van der Waals surface area contributed by atoms with Crippen molar-refractivity contribution in [1.82, 2.24) is 0 Å². The molecule has 0 heterocycles. The Morgan fingerprint density at radius 2 is 2.11 bits per heavy atom. The van der Waals surface area contributed by atoms with E-state index in [4.69, 9.17) is 17.3 Å². The summed E-state index contributed by atoms with van der Waals surface area (Å²) < 4.78 is 4.55. The van der Waals surface area contributed by atoms with Crippen LogP contribution in [0.25, 0.3) is 0 Å². The lowest BCUT2D eigenvalue weighted by Gasteiger charge is -2.14. The number of ether oxygens (including phenoxy) is 1. The molecule has 1 atom stereocenters. The van der Waals surface area contributed by atoms with Crippen molar-refractivity contribution < 1.29 is 14.6 Å². The van der Waals surface area contributed by atoms with Gasteiger partial charge in [-0.2, -0.15) is 0 Å². The number of rotatable bonds is 4. The van der Waals surface area contributed by atoms with Crippen LogP contribution in [0.5, 0.6) is 5.75 Å². The fourth-order valence-corrected chi connectivity index (χ4v) is 1.89. The molecule has 0 aliphatic heterocycles. The van der Waals surface area contributed by atoms with Crippen LogP contribution in [0.1, 0.15) is 30.9 Å². The molecule has 18 heavy (non-hydrogen) atoms. The average molecular weight is 272 g/mol. The van der Waals surface area contributed by atoms with E-state index < -0.39 is 12.0 Å². The van der Waals surface area contributed by atoms with E-state index in [1.165, 1.54) is 7.11 Å². The van der Waals surface area contributed by atoms with Crippen molar-refractivity contribution >= 4 is 17.6 Å². The van der Waals surface area contributed by atoms with Gasteiger partial charge in [-0.3, -0.25) is 4.79 Å². The van der Waals surface area contributed by atoms with Crippen LogP contribution in [-0.2, 0) is 16.0 Å². The van der Waals surface area contributed by atoms with Crippen molar-refractivity contribution in [2.24, 2.45) is 5.73 Å². The predicted octanol–water partition coefficient (Wildman–Crippen LogP) is 2.21. The van der Waals surface area contributed by atoms with E-state index in [-0.39, 0.29) is 23.1 Å². The number of esters is 1. The van der Waals surface area contributed by atoms with Crippen molar-refractivity contribution in [3.63, 3.8) is 0 Å². The maximum Gasteiger partial charge on any atom is 0.322 e. The second-order valence-electron chi connectivity index (χ2n) is 4.50. The summed E-state index contributed by atoms with van der Waals surface area (Å²) in [7, 11) is 1.28. The Hall–Kier alpha value is -1.26. The van der Waals surface area contributed by atoms with Gasteiger partial charge in [-0.05, 0) is 23.1 Å². The number of nitrogens with two attached hydrogens (primary N) is 1. The van der Waals surface area contributed by atoms with Gasteiger partial charge in [-0.1, -0.05) is 31.5 Å². The highest BCUT2D eigenvalue weighted by atomic mass is 35.5. The number of hydrogen-bond acceptors (Lipinski definition) is 4.